The van der Waals surface area contributed by atoms with E-state index >= 15 is 0 Å². The van der Waals surface area contributed by atoms with Gasteiger partial charge in [0, 0.05) is 29.9 Å². The number of amides is 1. The van der Waals surface area contributed by atoms with E-state index in [1.165, 1.54) is 0 Å². The highest BCUT2D eigenvalue weighted by atomic mass is 35.5. The molecule has 0 spiro atoms. The standard InChI is InChI=1S/C14H21ClN2O2/c1-10(2)7-16-14(19)8-17(3)13-6-12(15)5-4-11(13)9-18/h4-6,10,18H,7-9H2,1-3H3,(H,16,19). The summed E-state index contributed by atoms with van der Waals surface area (Å²) in [6, 6.07) is 5.24. The normalized spacial score (nSPS) is 10.6. The van der Waals surface area contributed by atoms with Crippen LogP contribution >= 0.6 is 11.6 Å². The molecule has 0 radical (unpaired) electrons. The van der Waals surface area contributed by atoms with Gasteiger partial charge in [-0.05, 0) is 18.1 Å². The fourth-order valence-corrected chi connectivity index (χ4v) is 1.87. The molecule has 0 aromatic heterocycles. The van der Waals surface area contributed by atoms with Gasteiger partial charge in [0.15, 0.2) is 0 Å². The van der Waals surface area contributed by atoms with Gasteiger partial charge >= 0.3 is 0 Å². The van der Waals surface area contributed by atoms with Gasteiger partial charge < -0.3 is 15.3 Å². The van der Waals surface area contributed by atoms with Gasteiger partial charge in [-0.2, -0.15) is 0 Å². The number of nitrogens with zero attached hydrogens (tertiary/aromatic N) is 1. The second-order valence-corrected chi connectivity index (χ2v) is 5.42. The predicted molar refractivity (Wildman–Crippen MR) is 78.5 cm³/mol. The number of rotatable bonds is 6. The number of likely N-dealkylation sites (N-methyl/N-ethyl adjacent to an activating group) is 1. The van der Waals surface area contributed by atoms with Crippen LogP contribution in [0.1, 0.15) is 19.4 Å². The van der Waals surface area contributed by atoms with Crippen LogP contribution in [0.25, 0.3) is 0 Å². The van der Waals surface area contributed by atoms with Crippen molar-refractivity contribution >= 4 is 23.2 Å². The van der Waals surface area contributed by atoms with Crippen LogP contribution in [-0.2, 0) is 11.4 Å². The monoisotopic (exact) mass is 284 g/mol. The van der Waals surface area contributed by atoms with E-state index in [4.69, 9.17) is 11.6 Å². The highest BCUT2D eigenvalue weighted by Gasteiger charge is 2.11. The van der Waals surface area contributed by atoms with Gasteiger partial charge in [0.25, 0.3) is 0 Å². The Labute approximate surface area is 119 Å². The zero-order valence-electron chi connectivity index (χ0n) is 11.6. The van der Waals surface area contributed by atoms with Crippen LogP contribution in [0.2, 0.25) is 5.02 Å². The molecule has 1 rings (SSSR count). The second kappa shape index (κ2) is 7.36. The molecule has 1 aromatic carbocycles. The summed E-state index contributed by atoms with van der Waals surface area (Å²) < 4.78 is 0. The molecule has 0 atom stereocenters. The van der Waals surface area contributed by atoms with E-state index in [0.717, 1.165) is 11.3 Å². The van der Waals surface area contributed by atoms with Gasteiger partial charge in [0.2, 0.25) is 5.91 Å². The zero-order valence-corrected chi connectivity index (χ0v) is 12.4. The summed E-state index contributed by atoms with van der Waals surface area (Å²) in [5, 5.41) is 12.7. The summed E-state index contributed by atoms with van der Waals surface area (Å²) >= 11 is 5.95. The molecule has 0 heterocycles. The number of aliphatic hydroxyl groups excluding tert-OH is 1. The van der Waals surface area contributed by atoms with Gasteiger partial charge in [-0.1, -0.05) is 31.5 Å². The van der Waals surface area contributed by atoms with Crippen LogP contribution in [0.15, 0.2) is 18.2 Å². The number of halogens is 1. The maximum absolute atomic E-state index is 11.8. The SMILES string of the molecule is CC(C)CNC(=O)CN(C)c1cc(Cl)ccc1CO. The average Bonchev–Trinajstić information content (AvgIpc) is 2.36. The van der Waals surface area contributed by atoms with E-state index in [2.05, 4.69) is 5.32 Å². The van der Waals surface area contributed by atoms with Crippen molar-refractivity contribution in [2.24, 2.45) is 5.92 Å². The molecule has 1 aromatic rings. The Morgan fingerprint density at radius 1 is 1.47 bits per heavy atom. The van der Waals surface area contributed by atoms with E-state index in [9.17, 15) is 9.90 Å². The molecule has 0 unspecified atom stereocenters. The maximum atomic E-state index is 11.8. The largest absolute Gasteiger partial charge is 0.392 e. The van der Waals surface area contributed by atoms with Crippen molar-refractivity contribution < 1.29 is 9.90 Å². The topological polar surface area (TPSA) is 52.6 Å². The lowest BCUT2D eigenvalue weighted by Gasteiger charge is -2.22. The highest BCUT2D eigenvalue weighted by molar-refractivity contribution is 6.30. The number of carbonyl (C=O) groups excluding carboxylic acids is 1. The maximum Gasteiger partial charge on any atom is 0.239 e. The summed E-state index contributed by atoms with van der Waals surface area (Å²) in [4.78, 5) is 13.6. The Kier molecular flexibility index (Phi) is 6.12. The first-order valence-corrected chi connectivity index (χ1v) is 6.69. The van der Waals surface area contributed by atoms with Crippen LogP contribution in [0.5, 0.6) is 0 Å². The van der Waals surface area contributed by atoms with Gasteiger partial charge in [-0.15, -0.1) is 0 Å². The van der Waals surface area contributed by atoms with Gasteiger partial charge in [0.05, 0.1) is 13.2 Å². The van der Waals surface area contributed by atoms with Crippen LogP contribution in [0.4, 0.5) is 5.69 Å². The lowest BCUT2D eigenvalue weighted by Crippen LogP contribution is -2.37. The number of nitrogens with one attached hydrogen (secondary N) is 1. The van der Waals surface area contributed by atoms with Crippen LogP contribution in [0, 0.1) is 5.92 Å². The van der Waals surface area contributed by atoms with Crippen molar-refractivity contribution in [3.05, 3.63) is 28.8 Å². The number of aliphatic hydroxyl groups is 1. The molecule has 2 N–H and O–H groups in total. The zero-order chi connectivity index (χ0) is 14.4. The fraction of sp³-hybridized carbons (Fsp3) is 0.500. The molecule has 0 fully saturated rings. The molecule has 0 saturated heterocycles. The number of anilines is 1. The molecule has 5 heteroatoms. The van der Waals surface area contributed by atoms with Crippen molar-refractivity contribution in [3.8, 4) is 0 Å². The van der Waals surface area contributed by atoms with E-state index in [1.54, 1.807) is 30.1 Å². The lowest BCUT2D eigenvalue weighted by molar-refractivity contribution is -0.119. The number of carbonyl (C=O) groups is 1. The smallest absolute Gasteiger partial charge is 0.239 e. The van der Waals surface area contributed by atoms with Crippen molar-refractivity contribution in [1.82, 2.24) is 5.32 Å². The molecule has 1 amide bonds. The molecular formula is C14H21ClN2O2. The second-order valence-electron chi connectivity index (χ2n) is 4.99. The third-order valence-corrected chi connectivity index (χ3v) is 2.95. The van der Waals surface area contributed by atoms with Gasteiger partial charge in [0.1, 0.15) is 0 Å². The van der Waals surface area contributed by atoms with Crippen LogP contribution < -0.4 is 10.2 Å². The highest BCUT2D eigenvalue weighted by Crippen LogP contribution is 2.23. The lowest BCUT2D eigenvalue weighted by atomic mass is 10.1. The van der Waals surface area contributed by atoms with Crippen molar-refractivity contribution in [2.75, 3.05) is 25.0 Å². The Hall–Kier alpha value is -1.26. The van der Waals surface area contributed by atoms with Gasteiger partial charge in [-0.3, -0.25) is 4.79 Å². The van der Waals surface area contributed by atoms with Crippen molar-refractivity contribution in [2.45, 2.75) is 20.5 Å². The van der Waals surface area contributed by atoms with E-state index < -0.39 is 0 Å². The number of hydrogen-bond donors (Lipinski definition) is 2. The Balaban J connectivity index is 2.69. The van der Waals surface area contributed by atoms with E-state index in [0.29, 0.717) is 17.5 Å². The summed E-state index contributed by atoms with van der Waals surface area (Å²) in [6.07, 6.45) is 0. The van der Waals surface area contributed by atoms with E-state index in [1.807, 2.05) is 13.8 Å². The first-order chi connectivity index (χ1) is 8.93. The average molecular weight is 285 g/mol. The molecule has 19 heavy (non-hydrogen) atoms. The van der Waals surface area contributed by atoms with Crippen molar-refractivity contribution in [3.63, 3.8) is 0 Å². The summed E-state index contributed by atoms with van der Waals surface area (Å²) in [5.41, 5.74) is 1.53. The minimum atomic E-state index is -0.0789. The Bertz CT molecular complexity index is 435. The molecule has 0 aliphatic heterocycles. The van der Waals surface area contributed by atoms with Crippen LogP contribution in [-0.4, -0.2) is 31.2 Å². The minimum Gasteiger partial charge on any atom is -0.392 e. The summed E-state index contributed by atoms with van der Waals surface area (Å²) in [6.45, 7) is 4.91. The molecule has 0 saturated carbocycles. The molecule has 0 aliphatic carbocycles. The van der Waals surface area contributed by atoms with Crippen molar-refractivity contribution in [1.29, 1.82) is 0 Å². The predicted octanol–water partition coefficient (Wildman–Crippen LogP) is 2.04. The summed E-state index contributed by atoms with van der Waals surface area (Å²) in [5.74, 6) is 0.383. The first-order valence-electron chi connectivity index (χ1n) is 6.31. The van der Waals surface area contributed by atoms with Crippen LogP contribution in [0.3, 0.4) is 0 Å². The third-order valence-electron chi connectivity index (χ3n) is 2.72. The molecule has 106 valence electrons. The van der Waals surface area contributed by atoms with Gasteiger partial charge in [-0.25, -0.2) is 0 Å². The fourth-order valence-electron chi connectivity index (χ4n) is 1.70. The first kappa shape index (κ1) is 15.8. The Morgan fingerprint density at radius 2 is 2.16 bits per heavy atom. The quantitative estimate of drug-likeness (QED) is 0.840. The Morgan fingerprint density at radius 3 is 2.74 bits per heavy atom. The summed E-state index contributed by atoms with van der Waals surface area (Å²) in [7, 11) is 1.81. The molecule has 4 nitrogen and oxygen atoms in total. The minimum absolute atomic E-state index is 0.0416. The third kappa shape index (κ3) is 5.09. The number of benzene rings is 1. The molecular weight excluding hydrogens is 264 g/mol. The van der Waals surface area contributed by atoms with E-state index in [-0.39, 0.29) is 19.1 Å². The molecule has 0 bridgehead atoms. The number of hydrogen-bond acceptors (Lipinski definition) is 3. The molecule has 0 aliphatic rings.